The Morgan fingerprint density at radius 2 is 1.97 bits per heavy atom. The molecule has 1 aromatic carbocycles. The molecule has 0 spiro atoms. The summed E-state index contributed by atoms with van der Waals surface area (Å²) in [5.74, 6) is -0.661. The third-order valence-corrected chi connectivity index (χ3v) is 4.40. The van der Waals surface area contributed by atoms with Crippen LogP contribution in [0.15, 0.2) is 30.5 Å². The zero-order valence-corrected chi connectivity index (χ0v) is 18.9. The average molecular weight is 461 g/mol. The molecule has 0 saturated heterocycles. The largest absolute Gasteiger partial charge is 0.481 e. The standard InChI is InChI=1S/C21H28N6O4S/c1-3-31-19(30)16-13-25-20(26-15-7-4-6-14(2)12-15)27-18(16)22-9-5-10-23-21(32)24-11-8-17(28)29/h4,6-7,12-13H,3,5,8-11H2,1-2H3,(H,28,29)(H2,23,24,32)(H2,22,25,26,27). The second kappa shape index (κ2) is 13.1. The van der Waals surface area contributed by atoms with Crippen molar-refractivity contribution in [3.8, 4) is 0 Å². The minimum atomic E-state index is -0.886. The highest BCUT2D eigenvalue weighted by molar-refractivity contribution is 7.80. The number of nitrogens with one attached hydrogen (secondary N) is 4. The minimum Gasteiger partial charge on any atom is -0.481 e. The van der Waals surface area contributed by atoms with Gasteiger partial charge in [0.25, 0.3) is 0 Å². The number of aryl methyl sites for hydroxylation is 1. The number of nitrogens with zero attached hydrogens (tertiary/aromatic N) is 2. The van der Waals surface area contributed by atoms with Crippen LogP contribution in [0.25, 0.3) is 0 Å². The van der Waals surface area contributed by atoms with E-state index in [1.54, 1.807) is 6.92 Å². The lowest BCUT2D eigenvalue weighted by Crippen LogP contribution is -2.37. The normalized spacial score (nSPS) is 10.2. The van der Waals surface area contributed by atoms with Crippen LogP contribution in [0.4, 0.5) is 17.5 Å². The van der Waals surface area contributed by atoms with Crippen molar-refractivity contribution in [3.05, 3.63) is 41.6 Å². The first-order valence-corrected chi connectivity index (χ1v) is 10.6. The van der Waals surface area contributed by atoms with E-state index in [2.05, 4.69) is 31.2 Å². The number of carbonyl (C=O) groups is 2. The predicted molar refractivity (Wildman–Crippen MR) is 126 cm³/mol. The molecule has 172 valence electrons. The number of carboxylic acid groups (broad SMARTS) is 1. The number of carbonyl (C=O) groups excluding carboxylic acids is 1. The molecule has 0 amide bonds. The highest BCUT2D eigenvalue weighted by atomic mass is 32.1. The van der Waals surface area contributed by atoms with Crippen molar-refractivity contribution in [3.63, 3.8) is 0 Å². The molecule has 11 heteroatoms. The van der Waals surface area contributed by atoms with E-state index >= 15 is 0 Å². The third-order valence-electron chi connectivity index (χ3n) is 4.11. The molecule has 0 fully saturated rings. The van der Waals surface area contributed by atoms with E-state index in [4.69, 9.17) is 22.1 Å². The topological polar surface area (TPSA) is 138 Å². The van der Waals surface area contributed by atoms with Crippen molar-refractivity contribution in [2.75, 3.05) is 36.9 Å². The highest BCUT2D eigenvalue weighted by Crippen LogP contribution is 2.19. The molecule has 32 heavy (non-hydrogen) atoms. The molecule has 10 nitrogen and oxygen atoms in total. The van der Waals surface area contributed by atoms with Crippen molar-refractivity contribution < 1.29 is 19.4 Å². The summed E-state index contributed by atoms with van der Waals surface area (Å²) in [7, 11) is 0. The van der Waals surface area contributed by atoms with Gasteiger partial charge in [0.05, 0.1) is 13.0 Å². The first-order valence-electron chi connectivity index (χ1n) is 10.2. The van der Waals surface area contributed by atoms with Gasteiger partial charge in [-0.15, -0.1) is 0 Å². The van der Waals surface area contributed by atoms with Crippen LogP contribution in [0.2, 0.25) is 0 Å². The molecule has 0 radical (unpaired) electrons. The third kappa shape index (κ3) is 8.72. The van der Waals surface area contributed by atoms with E-state index < -0.39 is 11.9 Å². The van der Waals surface area contributed by atoms with Crippen molar-refractivity contribution >= 4 is 46.7 Å². The summed E-state index contributed by atoms with van der Waals surface area (Å²) in [6.07, 6.45) is 2.10. The Balaban J connectivity index is 1.94. The maximum atomic E-state index is 12.3. The Morgan fingerprint density at radius 1 is 1.19 bits per heavy atom. The lowest BCUT2D eigenvalue weighted by atomic mass is 10.2. The number of hydrogen-bond acceptors (Lipinski definition) is 8. The smallest absolute Gasteiger partial charge is 0.343 e. The number of anilines is 3. The SMILES string of the molecule is CCOC(=O)c1cnc(Nc2cccc(C)c2)nc1NCCCNC(=S)NCCC(=O)O. The summed E-state index contributed by atoms with van der Waals surface area (Å²) in [5.41, 5.74) is 2.19. The van der Waals surface area contributed by atoms with Crippen molar-refractivity contribution in [2.24, 2.45) is 0 Å². The van der Waals surface area contributed by atoms with Gasteiger partial charge in [0.15, 0.2) is 5.11 Å². The number of hydrogen-bond donors (Lipinski definition) is 5. The second-order valence-corrected chi connectivity index (χ2v) is 7.19. The zero-order chi connectivity index (χ0) is 23.3. The Bertz CT molecular complexity index is 940. The van der Waals surface area contributed by atoms with Gasteiger partial charge in [0.2, 0.25) is 5.95 Å². The van der Waals surface area contributed by atoms with Crippen molar-refractivity contribution in [2.45, 2.75) is 26.7 Å². The Labute approximate surface area is 192 Å². The lowest BCUT2D eigenvalue weighted by Gasteiger charge is -2.13. The Morgan fingerprint density at radius 3 is 2.69 bits per heavy atom. The fraction of sp³-hybridized carbons (Fsp3) is 0.381. The van der Waals surface area contributed by atoms with Crippen LogP contribution in [0.5, 0.6) is 0 Å². The number of aromatic nitrogens is 2. The molecule has 0 aliphatic carbocycles. The summed E-state index contributed by atoms with van der Waals surface area (Å²) in [4.78, 5) is 31.5. The Hall–Kier alpha value is -3.47. The number of thiocarbonyl (C=S) groups is 1. The monoisotopic (exact) mass is 460 g/mol. The number of ether oxygens (including phenoxy) is 1. The van der Waals surface area contributed by atoms with Crippen LogP contribution in [0.1, 0.15) is 35.7 Å². The molecule has 2 rings (SSSR count). The molecular formula is C21H28N6O4S. The zero-order valence-electron chi connectivity index (χ0n) is 18.1. The summed E-state index contributed by atoms with van der Waals surface area (Å²) < 4.78 is 5.10. The summed E-state index contributed by atoms with van der Waals surface area (Å²) in [5, 5.41) is 21.1. The van der Waals surface area contributed by atoms with Gasteiger partial charge in [-0.2, -0.15) is 4.98 Å². The number of rotatable bonds is 12. The molecule has 0 aliphatic rings. The minimum absolute atomic E-state index is 0.00730. The van der Waals surface area contributed by atoms with Crippen LogP contribution in [0.3, 0.4) is 0 Å². The van der Waals surface area contributed by atoms with Gasteiger partial charge in [-0.05, 0) is 50.2 Å². The van der Waals surface area contributed by atoms with E-state index in [1.165, 1.54) is 6.20 Å². The molecule has 0 bridgehead atoms. The van der Waals surface area contributed by atoms with Gasteiger partial charge in [-0.1, -0.05) is 12.1 Å². The number of benzene rings is 1. The fourth-order valence-corrected chi connectivity index (χ4v) is 2.83. The number of aliphatic carboxylic acids is 1. The second-order valence-electron chi connectivity index (χ2n) is 6.78. The van der Waals surface area contributed by atoms with Gasteiger partial charge in [0.1, 0.15) is 11.4 Å². The van der Waals surface area contributed by atoms with Gasteiger partial charge >= 0.3 is 11.9 Å². The Kier molecular flexibility index (Phi) is 10.1. The van der Waals surface area contributed by atoms with E-state index in [0.717, 1.165) is 11.3 Å². The van der Waals surface area contributed by atoms with Crippen LogP contribution in [-0.2, 0) is 9.53 Å². The molecule has 5 N–H and O–H groups in total. The van der Waals surface area contributed by atoms with Crippen LogP contribution in [-0.4, -0.2) is 58.4 Å². The molecule has 0 saturated carbocycles. The molecule has 2 aromatic rings. The first kappa shape index (κ1) is 24.8. The summed E-state index contributed by atoms with van der Waals surface area (Å²) >= 11 is 5.10. The summed E-state index contributed by atoms with van der Waals surface area (Å²) in [6.45, 7) is 5.30. The van der Waals surface area contributed by atoms with Crippen LogP contribution >= 0.6 is 12.2 Å². The number of esters is 1. The fourth-order valence-electron chi connectivity index (χ4n) is 2.63. The molecule has 0 atom stereocenters. The van der Waals surface area contributed by atoms with Crippen LogP contribution < -0.4 is 21.3 Å². The maximum Gasteiger partial charge on any atom is 0.343 e. The molecule has 0 aliphatic heterocycles. The molecule has 0 unspecified atom stereocenters. The summed E-state index contributed by atoms with van der Waals surface area (Å²) in [6, 6.07) is 7.79. The molecule has 1 aromatic heterocycles. The van der Waals surface area contributed by atoms with Gasteiger partial charge in [0, 0.05) is 31.5 Å². The van der Waals surface area contributed by atoms with E-state index in [-0.39, 0.29) is 25.1 Å². The maximum absolute atomic E-state index is 12.3. The average Bonchev–Trinajstić information content (AvgIpc) is 2.73. The predicted octanol–water partition coefficient (Wildman–Crippen LogP) is 2.45. The molecular weight excluding hydrogens is 432 g/mol. The van der Waals surface area contributed by atoms with Gasteiger partial charge in [-0.3, -0.25) is 4.79 Å². The lowest BCUT2D eigenvalue weighted by molar-refractivity contribution is -0.136. The quantitative estimate of drug-likeness (QED) is 0.181. The van der Waals surface area contributed by atoms with Gasteiger partial charge in [-0.25, -0.2) is 9.78 Å². The van der Waals surface area contributed by atoms with Crippen molar-refractivity contribution in [1.82, 2.24) is 20.6 Å². The van der Waals surface area contributed by atoms with Gasteiger partial charge < -0.3 is 31.1 Å². The van der Waals surface area contributed by atoms with Crippen LogP contribution in [0, 0.1) is 6.92 Å². The first-order chi connectivity index (χ1) is 15.4. The van der Waals surface area contributed by atoms with E-state index in [0.29, 0.717) is 36.4 Å². The van der Waals surface area contributed by atoms with E-state index in [1.807, 2.05) is 31.2 Å². The molecule has 1 heterocycles. The van der Waals surface area contributed by atoms with E-state index in [9.17, 15) is 9.59 Å². The highest BCUT2D eigenvalue weighted by Gasteiger charge is 2.16. The van der Waals surface area contributed by atoms with Crippen molar-refractivity contribution in [1.29, 1.82) is 0 Å². The number of carboxylic acids is 1.